The van der Waals surface area contributed by atoms with E-state index in [4.69, 9.17) is 0 Å². The zero-order valence-electron chi connectivity index (χ0n) is 12.3. The van der Waals surface area contributed by atoms with Gasteiger partial charge in [0.2, 0.25) is 0 Å². The fraction of sp³-hybridized carbons (Fsp3) is 0.438. The average Bonchev–Trinajstić information content (AvgIpc) is 3.16. The molecule has 1 aromatic carbocycles. The molecule has 3 heterocycles. The van der Waals surface area contributed by atoms with Crippen molar-refractivity contribution in [3.8, 4) is 0 Å². The second-order valence-electron chi connectivity index (χ2n) is 6.36. The molecule has 2 aromatic rings. The molecule has 4 rings (SSSR count). The van der Waals surface area contributed by atoms with Crippen molar-refractivity contribution in [2.75, 3.05) is 31.1 Å². The molecule has 2 aliphatic rings. The first-order valence-corrected chi connectivity index (χ1v) is 7.66. The molecule has 22 heavy (non-hydrogen) atoms. The highest BCUT2D eigenvalue weighted by molar-refractivity contribution is 5.96. The van der Waals surface area contributed by atoms with E-state index in [-0.39, 0.29) is 16.0 Å². The lowest BCUT2D eigenvalue weighted by molar-refractivity contribution is -0.384. The first-order valence-electron chi connectivity index (χ1n) is 7.66. The van der Waals surface area contributed by atoms with Crippen LogP contribution in [-0.2, 0) is 0 Å². The highest BCUT2D eigenvalue weighted by Gasteiger charge is 2.42. The van der Waals surface area contributed by atoms with E-state index in [1.54, 1.807) is 0 Å². The number of hydrogen-bond donors (Lipinski definition) is 1. The zero-order chi connectivity index (χ0) is 15.2. The Kier molecular flexibility index (Phi) is 3.00. The smallest absolute Gasteiger partial charge is 0.311 e. The fourth-order valence-corrected chi connectivity index (χ4v) is 3.85. The van der Waals surface area contributed by atoms with Crippen molar-refractivity contribution in [1.29, 1.82) is 0 Å². The second kappa shape index (κ2) is 4.91. The Labute approximate surface area is 128 Å². The fourth-order valence-electron chi connectivity index (χ4n) is 3.85. The summed E-state index contributed by atoms with van der Waals surface area (Å²) in [6.07, 6.45) is 3.64. The van der Waals surface area contributed by atoms with E-state index in [2.05, 4.69) is 15.2 Å². The maximum Gasteiger partial charge on any atom is 0.311 e. The molecule has 0 amide bonds. The van der Waals surface area contributed by atoms with Crippen LogP contribution in [0.25, 0.3) is 10.9 Å². The molecule has 2 aliphatic heterocycles. The molecule has 6 nitrogen and oxygen atoms in total. The topological polar surface area (TPSA) is 71.3 Å². The summed E-state index contributed by atoms with van der Waals surface area (Å²) >= 11 is 0. The summed E-state index contributed by atoms with van der Waals surface area (Å²) < 4.78 is 0. The molecular weight excluding hydrogens is 280 g/mol. The summed E-state index contributed by atoms with van der Waals surface area (Å²) in [4.78, 5) is 17.6. The van der Waals surface area contributed by atoms with Crippen LogP contribution in [0, 0.1) is 15.5 Å². The van der Waals surface area contributed by atoms with Crippen LogP contribution in [0.15, 0.2) is 30.5 Å². The quantitative estimate of drug-likeness (QED) is 0.680. The first kappa shape index (κ1) is 13.5. The molecule has 2 fully saturated rings. The number of hydrogen-bond acceptors (Lipinski definition) is 5. The van der Waals surface area contributed by atoms with Crippen LogP contribution in [0.4, 0.5) is 11.4 Å². The third-order valence-corrected chi connectivity index (χ3v) is 5.01. The molecule has 1 spiro atoms. The van der Waals surface area contributed by atoms with E-state index in [1.165, 1.54) is 6.20 Å². The first-order chi connectivity index (χ1) is 10.7. The molecule has 114 valence electrons. The number of nitrogens with zero attached hydrogens (tertiary/aromatic N) is 3. The lowest BCUT2D eigenvalue weighted by Gasteiger charge is -2.24. The average molecular weight is 298 g/mol. The molecule has 0 bridgehead atoms. The van der Waals surface area contributed by atoms with Crippen LogP contribution in [0.1, 0.15) is 12.8 Å². The number of anilines is 1. The van der Waals surface area contributed by atoms with Crippen LogP contribution in [-0.4, -0.2) is 36.1 Å². The van der Waals surface area contributed by atoms with Gasteiger partial charge in [-0.2, -0.15) is 0 Å². The zero-order valence-corrected chi connectivity index (χ0v) is 12.3. The lowest BCUT2D eigenvalue weighted by Crippen LogP contribution is -2.29. The van der Waals surface area contributed by atoms with E-state index in [9.17, 15) is 10.1 Å². The van der Waals surface area contributed by atoms with Crippen LogP contribution < -0.4 is 10.2 Å². The molecule has 0 radical (unpaired) electrons. The van der Waals surface area contributed by atoms with Crippen LogP contribution in [0.3, 0.4) is 0 Å². The summed E-state index contributed by atoms with van der Waals surface area (Å²) in [5.74, 6) is 0. The number of benzene rings is 1. The minimum absolute atomic E-state index is 0.113. The van der Waals surface area contributed by atoms with Gasteiger partial charge in [0.05, 0.1) is 10.4 Å². The monoisotopic (exact) mass is 298 g/mol. The maximum atomic E-state index is 11.5. The van der Waals surface area contributed by atoms with Gasteiger partial charge in [0.25, 0.3) is 0 Å². The molecule has 1 unspecified atom stereocenters. The van der Waals surface area contributed by atoms with Gasteiger partial charge in [-0.05, 0) is 25.5 Å². The molecule has 1 aromatic heterocycles. The summed E-state index contributed by atoms with van der Waals surface area (Å²) in [5, 5.41) is 15.8. The van der Waals surface area contributed by atoms with Gasteiger partial charge in [-0.1, -0.05) is 18.2 Å². The minimum Gasteiger partial charge on any atom is -0.365 e. The van der Waals surface area contributed by atoms with E-state index in [0.717, 1.165) is 55.6 Å². The second-order valence-corrected chi connectivity index (χ2v) is 6.36. The predicted octanol–water partition coefficient (Wildman–Crippen LogP) is 2.33. The van der Waals surface area contributed by atoms with Gasteiger partial charge in [0.1, 0.15) is 11.9 Å². The Morgan fingerprint density at radius 3 is 2.95 bits per heavy atom. The van der Waals surface area contributed by atoms with E-state index in [1.807, 2.05) is 24.3 Å². The van der Waals surface area contributed by atoms with Gasteiger partial charge in [0.15, 0.2) is 0 Å². The highest BCUT2D eigenvalue weighted by Crippen LogP contribution is 2.43. The van der Waals surface area contributed by atoms with Gasteiger partial charge in [-0.25, -0.2) is 4.98 Å². The number of para-hydroxylation sites is 1. The van der Waals surface area contributed by atoms with Crippen molar-refractivity contribution in [3.63, 3.8) is 0 Å². The molecular formula is C16H18N4O2. The van der Waals surface area contributed by atoms with Crippen molar-refractivity contribution in [3.05, 3.63) is 40.6 Å². The Bertz CT molecular complexity index is 740. The standard InChI is InChI=1S/C16H18N4O2/c21-20(22)14-9-18-13-4-2-1-3-12(13)15(14)19-8-6-16(11-19)5-7-17-10-16/h1-4,9,17H,5-8,10-11H2. The SMILES string of the molecule is O=[N+]([O-])c1cnc2ccccc2c1N1CCC2(CCNC2)C1. The van der Waals surface area contributed by atoms with Crippen LogP contribution in [0.2, 0.25) is 0 Å². The van der Waals surface area contributed by atoms with Crippen molar-refractivity contribution in [1.82, 2.24) is 10.3 Å². The van der Waals surface area contributed by atoms with Crippen LogP contribution >= 0.6 is 0 Å². The Hall–Kier alpha value is -2.21. The molecule has 6 heteroatoms. The lowest BCUT2D eigenvalue weighted by atomic mass is 9.86. The van der Waals surface area contributed by atoms with Gasteiger partial charge in [0, 0.05) is 30.4 Å². The van der Waals surface area contributed by atoms with Crippen molar-refractivity contribution < 1.29 is 4.92 Å². The predicted molar refractivity (Wildman–Crippen MR) is 85.1 cm³/mol. The number of rotatable bonds is 2. The largest absolute Gasteiger partial charge is 0.365 e. The van der Waals surface area contributed by atoms with Crippen LogP contribution in [0.5, 0.6) is 0 Å². The van der Waals surface area contributed by atoms with Crippen molar-refractivity contribution in [2.24, 2.45) is 5.41 Å². The highest BCUT2D eigenvalue weighted by atomic mass is 16.6. The Morgan fingerprint density at radius 2 is 2.18 bits per heavy atom. The van der Waals surface area contributed by atoms with Crippen molar-refractivity contribution in [2.45, 2.75) is 12.8 Å². The summed E-state index contributed by atoms with van der Waals surface area (Å²) in [5.41, 5.74) is 1.94. The third-order valence-electron chi connectivity index (χ3n) is 5.01. The third kappa shape index (κ3) is 2.02. The number of nitro groups is 1. The number of aromatic nitrogens is 1. The molecule has 0 saturated carbocycles. The summed E-state index contributed by atoms with van der Waals surface area (Å²) in [6, 6.07) is 7.67. The van der Waals surface area contributed by atoms with Gasteiger partial charge in [-0.15, -0.1) is 0 Å². The maximum absolute atomic E-state index is 11.5. The number of nitrogens with one attached hydrogen (secondary N) is 1. The Balaban J connectivity index is 1.83. The summed E-state index contributed by atoms with van der Waals surface area (Å²) in [7, 11) is 0. The summed E-state index contributed by atoms with van der Waals surface area (Å²) in [6.45, 7) is 3.82. The van der Waals surface area contributed by atoms with E-state index in [0.29, 0.717) is 0 Å². The molecule has 2 saturated heterocycles. The molecule has 1 atom stereocenters. The normalized spacial score (nSPS) is 24.5. The number of fused-ring (bicyclic) bond motifs is 1. The molecule has 1 N–H and O–H groups in total. The van der Waals surface area contributed by atoms with Gasteiger partial charge >= 0.3 is 5.69 Å². The number of pyridine rings is 1. The van der Waals surface area contributed by atoms with Crippen molar-refractivity contribution >= 4 is 22.3 Å². The molecule has 0 aliphatic carbocycles. The van der Waals surface area contributed by atoms with E-state index >= 15 is 0 Å². The minimum atomic E-state index is -0.313. The van der Waals surface area contributed by atoms with Gasteiger partial charge < -0.3 is 10.2 Å². The van der Waals surface area contributed by atoms with E-state index < -0.39 is 0 Å². The Morgan fingerprint density at radius 1 is 1.32 bits per heavy atom. The van der Waals surface area contributed by atoms with Gasteiger partial charge in [-0.3, -0.25) is 10.1 Å².